The van der Waals surface area contributed by atoms with Crippen LogP contribution >= 0.6 is 23.1 Å². The number of aromatic nitrogens is 2. The van der Waals surface area contributed by atoms with Crippen LogP contribution in [0.25, 0.3) is 10.2 Å². The van der Waals surface area contributed by atoms with E-state index in [9.17, 15) is 14.4 Å². The average molecular weight is 443 g/mol. The van der Waals surface area contributed by atoms with E-state index < -0.39 is 0 Å². The van der Waals surface area contributed by atoms with Gasteiger partial charge in [-0.25, -0.2) is 4.98 Å². The van der Waals surface area contributed by atoms with Gasteiger partial charge in [0.25, 0.3) is 5.56 Å². The lowest BCUT2D eigenvalue weighted by Gasteiger charge is -2.30. The van der Waals surface area contributed by atoms with E-state index in [0.717, 1.165) is 5.56 Å². The number of fused-ring (bicyclic) bond motifs is 1. The normalized spacial score (nSPS) is 14.9. The molecule has 2 amide bonds. The number of carbonyl (C=O) groups excluding carboxylic acids is 2. The molecule has 1 aromatic carbocycles. The third-order valence-electron chi connectivity index (χ3n) is 5.29. The SMILES string of the molecule is NC(=O)C1CCN(C(=O)CSc2nc3ccsc3c(=O)n2Cc2ccccc2)CC1. The van der Waals surface area contributed by atoms with Crippen molar-refractivity contribution in [2.75, 3.05) is 18.8 Å². The number of thiophene rings is 1. The minimum atomic E-state index is -0.297. The highest BCUT2D eigenvalue weighted by Crippen LogP contribution is 2.23. The summed E-state index contributed by atoms with van der Waals surface area (Å²) in [5.41, 5.74) is 6.94. The molecule has 1 aliphatic rings. The number of rotatable bonds is 6. The third-order valence-corrected chi connectivity index (χ3v) is 7.14. The summed E-state index contributed by atoms with van der Waals surface area (Å²) in [4.78, 5) is 43.5. The molecule has 0 atom stereocenters. The zero-order valence-electron chi connectivity index (χ0n) is 16.3. The van der Waals surface area contributed by atoms with Crippen molar-refractivity contribution in [1.82, 2.24) is 14.5 Å². The summed E-state index contributed by atoms with van der Waals surface area (Å²) in [7, 11) is 0. The predicted molar refractivity (Wildman–Crippen MR) is 119 cm³/mol. The predicted octanol–water partition coefficient (Wildman–Crippen LogP) is 2.32. The van der Waals surface area contributed by atoms with Gasteiger partial charge in [0.05, 0.1) is 17.8 Å². The standard InChI is InChI=1S/C21H22N4O3S2/c22-19(27)15-6-9-24(10-7-15)17(26)13-30-21-23-16-8-11-29-18(16)20(28)25(21)12-14-4-2-1-3-5-14/h1-5,8,11,15H,6-7,9-10,12-13H2,(H2,22,27). The van der Waals surface area contributed by atoms with Gasteiger partial charge in [-0.1, -0.05) is 42.1 Å². The van der Waals surface area contributed by atoms with Gasteiger partial charge in [-0.05, 0) is 29.9 Å². The fourth-order valence-electron chi connectivity index (χ4n) is 3.57. The minimum Gasteiger partial charge on any atom is -0.369 e. The van der Waals surface area contributed by atoms with Gasteiger partial charge >= 0.3 is 0 Å². The second-order valence-corrected chi connectivity index (χ2v) is 9.11. The van der Waals surface area contributed by atoms with E-state index in [1.54, 1.807) is 9.47 Å². The topological polar surface area (TPSA) is 98.3 Å². The highest BCUT2D eigenvalue weighted by atomic mass is 32.2. The number of likely N-dealkylation sites (tertiary alicyclic amines) is 1. The Morgan fingerprint density at radius 3 is 2.60 bits per heavy atom. The molecule has 0 bridgehead atoms. The Labute approximate surface area is 181 Å². The van der Waals surface area contributed by atoms with Crippen LogP contribution in [-0.4, -0.2) is 45.1 Å². The molecule has 9 heteroatoms. The van der Waals surface area contributed by atoms with Crippen LogP contribution in [0.4, 0.5) is 0 Å². The Morgan fingerprint density at radius 1 is 1.17 bits per heavy atom. The maximum Gasteiger partial charge on any atom is 0.272 e. The monoisotopic (exact) mass is 442 g/mol. The van der Waals surface area contributed by atoms with Crippen molar-refractivity contribution in [1.29, 1.82) is 0 Å². The lowest BCUT2D eigenvalue weighted by atomic mass is 9.96. The minimum absolute atomic E-state index is 0.0196. The van der Waals surface area contributed by atoms with Crippen LogP contribution in [0.2, 0.25) is 0 Å². The van der Waals surface area contributed by atoms with Crippen LogP contribution in [0.3, 0.4) is 0 Å². The van der Waals surface area contributed by atoms with E-state index in [1.807, 2.05) is 41.8 Å². The van der Waals surface area contributed by atoms with E-state index in [2.05, 4.69) is 4.98 Å². The van der Waals surface area contributed by atoms with Gasteiger partial charge in [-0.3, -0.25) is 19.0 Å². The molecule has 2 aromatic heterocycles. The van der Waals surface area contributed by atoms with Gasteiger partial charge in [0, 0.05) is 19.0 Å². The first-order valence-electron chi connectivity index (χ1n) is 9.75. The molecule has 156 valence electrons. The highest BCUT2D eigenvalue weighted by molar-refractivity contribution is 7.99. The summed E-state index contributed by atoms with van der Waals surface area (Å²) in [6, 6.07) is 11.6. The maximum atomic E-state index is 13.0. The molecular weight excluding hydrogens is 420 g/mol. The summed E-state index contributed by atoms with van der Waals surface area (Å²) in [5.74, 6) is -0.276. The molecule has 1 aliphatic heterocycles. The molecule has 30 heavy (non-hydrogen) atoms. The Bertz CT molecular complexity index is 1120. The second kappa shape index (κ2) is 9.01. The Kier molecular flexibility index (Phi) is 6.19. The quantitative estimate of drug-likeness (QED) is 0.467. The van der Waals surface area contributed by atoms with Crippen LogP contribution in [0.5, 0.6) is 0 Å². The second-order valence-electron chi connectivity index (χ2n) is 7.25. The average Bonchev–Trinajstić information content (AvgIpc) is 3.24. The molecule has 0 radical (unpaired) electrons. The first kappa shape index (κ1) is 20.6. The number of nitrogens with zero attached hydrogens (tertiary/aromatic N) is 3. The molecule has 4 rings (SSSR count). The largest absolute Gasteiger partial charge is 0.369 e. The van der Waals surface area contributed by atoms with Crippen molar-refractivity contribution >= 4 is 45.1 Å². The Balaban J connectivity index is 1.52. The number of piperidine rings is 1. The molecule has 7 nitrogen and oxygen atoms in total. The van der Waals surface area contributed by atoms with Crippen molar-refractivity contribution in [3.8, 4) is 0 Å². The highest BCUT2D eigenvalue weighted by Gasteiger charge is 2.26. The molecule has 3 heterocycles. The van der Waals surface area contributed by atoms with Gasteiger partial charge in [-0.2, -0.15) is 0 Å². The number of nitrogens with two attached hydrogens (primary N) is 1. The molecule has 0 aliphatic carbocycles. The van der Waals surface area contributed by atoms with Crippen molar-refractivity contribution < 1.29 is 9.59 Å². The molecule has 3 aromatic rings. The number of thioether (sulfide) groups is 1. The molecule has 0 spiro atoms. The van der Waals surface area contributed by atoms with Gasteiger partial charge in [0.2, 0.25) is 11.8 Å². The fraction of sp³-hybridized carbons (Fsp3) is 0.333. The van der Waals surface area contributed by atoms with Crippen LogP contribution in [0, 0.1) is 5.92 Å². The number of hydrogen-bond acceptors (Lipinski definition) is 6. The van der Waals surface area contributed by atoms with Crippen molar-refractivity contribution in [2.45, 2.75) is 24.5 Å². The Hall–Kier alpha value is -2.65. The zero-order valence-corrected chi connectivity index (χ0v) is 18.0. The molecule has 2 N–H and O–H groups in total. The van der Waals surface area contributed by atoms with Gasteiger partial charge in [-0.15, -0.1) is 11.3 Å². The van der Waals surface area contributed by atoms with Gasteiger partial charge in [0.15, 0.2) is 5.16 Å². The summed E-state index contributed by atoms with van der Waals surface area (Å²) >= 11 is 2.66. The fourth-order valence-corrected chi connectivity index (χ4v) is 5.25. The van der Waals surface area contributed by atoms with E-state index in [4.69, 9.17) is 5.73 Å². The van der Waals surface area contributed by atoms with E-state index in [1.165, 1.54) is 23.1 Å². The lowest BCUT2D eigenvalue weighted by molar-refractivity contribution is -0.132. The first-order valence-corrected chi connectivity index (χ1v) is 11.6. The number of amides is 2. The number of hydrogen-bond donors (Lipinski definition) is 1. The molecule has 1 fully saturated rings. The molecule has 0 unspecified atom stereocenters. The van der Waals surface area contributed by atoms with Gasteiger partial charge < -0.3 is 10.6 Å². The van der Waals surface area contributed by atoms with Crippen molar-refractivity contribution in [2.24, 2.45) is 11.7 Å². The van der Waals surface area contributed by atoms with Crippen LogP contribution in [0.15, 0.2) is 51.7 Å². The Morgan fingerprint density at radius 2 is 1.90 bits per heavy atom. The summed E-state index contributed by atoms with van der Waals surface area (Å²) in [6.07, 6.45) is 1.20. The third kappa shape index (κ3) is 4.41. The number of carbonyl (C=O) groups is 2. The van der Waals surface area contributed by atoms with E-state index in [-0.39, 0.29) is 29.0 Å². The maximum absolute atomic E-state index is 13.0. The van der Waals surface area contributed by atoms with Crippen LogP contribution < -0.4 is 11.3 Å². The molecule has 0 saturated carbocycles. The summed E-state index contributed by atoms with van der Waals surface area (Å²) in [6.45, 7) is 1.46. The van der Waals surface area contributed by atoms with E-state index >= 15 is 0 Å². The summed E-state index contributed by atoms with van der Waals surface area (Å²) in [5, 5.41) is 2.39. The van der Waals surface area contributed by atoms with Gasteiger partial charge in [0.1, 0.15) is 4.70 Å². The number of benzene rings is 1. The molecule has 1 saturated heterocycles. The van der Waals surface area contributed by atoms with E-state index in [0.29, 0.717) is 47.8 Å². The van der Waals surface area contributed by atoms with Crippen LogP contribution in [0.1, 0.15) is 18.4 Å². The zero-order chi connectivity index (χ0) is 21.1. The van der Waals surface area contributed by atoms with Crippen molar-refractivity contribution in [3.63, 3.8) is 0 Å². The van der Waals surface area contributed by atoms with Crippen molar-refractivity contribution in [3.05, 3.63) is 57.7 Å². The molecular formula is C21H22N4O3S2. The lowest BCUT2D eigenvalue weighted by Crippen LogP contribution is -2.42. The first-order chi connectivity index (χ1) is 14.5. The van der Waals surface area contributed by atoms with Crippen LogP contribution in [-0.2, 0) is 16.1 Å². The number of primary amides is 1. The smallest absolute Gasteiger partial charge is 0.272 e. The summed E-state index contributed by atoms with van der Waals surface area (Å²) < 4.78 is 2.26.